The lowest BCUT2D eigenvalue weighted by Gasteiger charge is -2.06. The summed E-state index contributed by atoms with van der Waals surface area (Å²) in [7, 11) is 1.63. The lowest BCUT2D eigenvalue weighted by atomic mass is 10.1. The minimum atomic E-state index is -0.207. The molecule has 3 rings (SSSR count). The molecule has 0 saturated carbocycles. The van der Waals surface area contributed by atoms with Crippen LogP contribution in [0.25, 0.3) is 0 Å². The first-order chi connectivity index (χ1) is 11.2. The van der Waals surface area contributed by atoms with E-state index in [1.54, 1.807) is 25.5 Å². The van der Waals surface area contributed by atoms with Crippen molar-refractivity contribution in [3.05, 3.63) is 54.0 Å². The molecule has 2 heterocycles. The molecule has 6 nitrogen and oxygen atoms in total. The van der Waals surface area contributed by atoms with Crippen LogP contribution in [-0.4, -0.2) is 29.6 Å². The van der Waals surface area contributed by atoms with Gasteiger partial charge < -0.3 is 14.5 Å². The van der Waals surface area contributed by atoms with Crippen molar-refractivity contribution in [1.82, 2.24) is 5.32 Å². The molecule has 1 aromatic heterocycles. The van der Waals surface area contributed by atoms with Gasteiger partial charge in [0.05, 0.1) is 24.8 Å². The summed E-state index contributed by atoms with van der Waals surface area (Å²) in [5.74, 6) is 1.35. The molecule has 2 aromatic rings. The van der Waals surface area contributed by atoms with E-state index >= 15 is 0 Å². The number of hydrogen-bond acceptors (Lipinski definition) is 6. The summed E-state index contributed by atoms with van der Waals surface area (Å²) < 4.78 is 10.2. The van der Waals surface area contributed by atoms with Crippen molar-refractivity contribution >= 4 is 29.1 Å². The Kier molecular flexibility index (Phi) is 4.77. The number of thioether (sulfide) groups is 1. The monoisotopic (exact) mass is 329 g/mol. The maximum absolute atomic E-state index is 12.0. The van der Waals surface area contributed by atoms with Crippen LogP contribution in [-0.2, 0) is 11.2 Å². The number of nitrogens with one attached hydrogen (secondary N) is 1. The normalized spacial score (nSPS) is 19.4. The van der Waals surface area contributed by atoms with E-state index in [4.69, 9.17) is 9.15 Å². The maximum atomic E-state index is 12.0. The standard InChI is InChI=1S/C16H15N3O3S/c1-21-12-6-4-11(5-7-12)9-14-15(20)18-16(23-14)19-17-10-13-3-2-8-22-13/h2-8,10,14H,9H2,1H3,(H,18,19,20)/b17-10-/t14-/m1/s1. The molecular weight excluding hydrogens is 314 g/mol. The number of benzene rings is 1. The van der Waals surface area contributed by atoms with E-state index in [0.717, 1.165) is 11.3 Å². The van der Waals surface area contributed by atoms with Crippen molar-refractivity contribution in [2.45, 2.75) is 11.7 Å². The van der Waals surface area contributed by atoms with Gasteiger partial charge in [-0.2, -0.15) is 5.10 Å². The van der Waals surface area contributed by atoms with Gasteiger partial charge in [0.1, 0.15) is 11.5 Å². The summed E-state index contributed by atoms with van der Waals surface area (Å²) in [6.45, 7) is 0. The zero-order valence-corrected chi connectivity index (χ0v) is 13.2. The van der Waals surface area contributed by atoms with Crippen LogP contribution in [0.15, 0.2) is 57.3 Å². The van der Waals surface area contributed by atoms with Gasteiger partial charge in [0.2, 0.25) is 5.91 Å². The summed E-state index contributed by atoms with van der Waals surface area (Å²) >= 11 is 1.37. The lowest BCUT2D eigenvalue weighted by Crippen LogP contribution is -2.25. The Labute approximate surface area is 137 Å². The van der Waals surface area contributed by atoms with E-state index in [0.29, 0.717) is 17.3 Å². The minimum Gasteiger partial charge on any atom is -0.497 e. The molecular formula is C16H15N3O3S. The quantitative estimate of drug-likeness (QED) is 0.675. The highest BCUT2D eigenvalue weighted by Crippen LogP contribution is 2.24. The van der Waals surface area contributed by atoms with E-state index in [1.165, 1.54) is 18.0 Å². The zero-order valence-electron chi connectivity index (χ0n) is 12.4. The average Bonchev–Trinajstić information content (AvgIpc) is 3.19. The molecule has 0 unspecified atom stereocenters. The Balaban J connectivity index is 1.60. The molecule has 118 valence electrons. The molecule has 7 heteroatoms. The second-order valence-corrected chi connectivity index (χ2v) is 6.00. The van der Waals surface area contributed by atoms with Gasteiger partial charge in [-0.15, -0.1) is 5.10 Å². The molecule has 23 heavy (non-hydrogen) atoms. The van der Waals surface area contributed by atoms with Crippen molar-refractivity contribution in [3.63, 3.8) is 0 Å². The van der Waals surface area contributed by atoms with Gasteiger partial charge in [0, 0.05) is 0 Å². The van der Waals surface area contributed by atoms with Crippen molar-refractivity contribution in [3.8, 4) is 5.75 Å². The molecule has 1 aliphatic heterocycles. The number of hydrogen-bond donors (Lipinski definition) is 1. The summed E-state index contributed by atoms with van der Waals surface area (Å²) in [6.07, 6.45) is 3.68. The van der Waals surface area contributed by atoms with Crippen LogP contribution in [0.5, 0.6) is 5.75 Å². The number of methoxy groups -OCH3 is 1. The Morgan fingerprint density at radius 3 is 2.87 bits per heavy atom. The molecule has 0 radical (unpaired) electrons. The van der Waals surface area contributed by atoms with Crippen molar-refractivity contribution < 1.29 is 13.9 Å². The predicted octanol–water partition coefficient (Wildman–Crippen LogP) is 2.45. The third-order valence-corrected chi connectivity index (χ3v) is 4.31. The molecule has 1 amide bonds. The largest absolute Gasteiger partial charge is 0.497 e. The van der Waals surface area contributed by atoms with Crippen LogP contribution < -0.4 is 10.1 Å². The number of nitrogens with zero attached hydrogens (tertiary/aromatic N) is 2. The van der Waals surface area contributed by atoms with Gasteiger partial charge in [-0.25, -0.2) is 0 Å². The number of carbonyl (C=O) groups is 1. The topological polar surface area (TPSA) is 76.2 Å². The van der Waals surface area contributed by atoms with Gasteiger partial charge in [-0.05, 0) is 36.2 Å². The van der Waals surface area contributed by atoms with Gasteiger partial charge in [-0.1, -0.05) is 23.9 Å². The fourth-order valence-electron chi connectivity index (χ4n) is 2.07. The fraction of sp³-hybridized carbons (Fsp3) is 0.188. The number of rotatable bonds is 5. The van der Waals surface area contributed by atoms with E-state index in [9.17, 15) is 4.79 Å². The molecule has 0 bridgehead atoms. The molecule has 1 aromatic carbocycles. The smallest absolute Gasteiger partial charge is 0.239 e. The summed E-state index contributed by atoms with van der Waals surface area (Å²) in [5.41, 5.74) is 1.07. The number of furan rings is 1. The highest BCUT2D eigenvalue weighted by atomic mass is 32.2. The predicted molar refractivity (Wildman–Crippen MR) is 90.0 cm³/mol. The number of ether oxygens (including phenoxy) is 1. The Hall–Kier alpha value is -2.54. The Morgan fingerprint density at radius 2 is 2.17 bits per heavy atom. The van der Waals surface area contributed by atoms with Gasteiger partial charge in [0.25, 0.3) is 0 Å². The van der Waals surface area contributed by atoms with E-state index in [1.807, 2.05) is 24.3 Å². The fourth-order valence-corrected chi connectivity index (χ4v) is 3.03. The molecule has 1 atom stereocenters. The molecule has 0 aliphatic carbocycles. The van der Waals surface area contributed by atoms with Crippen LogP contribution in [0.2, 0.25) is 0 Å². The summed E-state index contributed by atoms with van der Waals surface area (Å²) in [6, 6.07) is 11.2. The maximum Gasteiger partial charge on any atom is 0.239 e. The second-order valence-electron chi connectivity index (χ2n) is 4.81. The van der Waals surface area contributed by atoms with Crippen LogP contribution in [0.4, 0.5) is 0 Å². The second kappa shape index (κ2) is 7.15. The molecule has 1 saturated heterocycles. The lowest BCUT2D eigenvalue weighted by molar-refractivity contribution is -0.118. The molecule has 1 N–H and O–H groups in total. The highest BCUT2D eigenvalue weighted by molar-refractivity contribution is 8.15. The summed E-state index contributed by atoms with van der Waals surface area (Å²) in [4.78, 5) is 12.0. The van der Waals surface area contributed by atoms with Crippen molar-refractivity contribution in [2.75, 3.05) is 7.11 Å². The number of amides is 1. The Morgan fingerprint density at radius 1 is 1.35 bits per heavy atom. The highest BCUT2D eigenvalue weighted by Gasteiger charge is 2.30. The molecule has 0 spiro atoms. The van der Waals surface area contributed by atoms with Gasteiger partial charge in [0.15, 0.2) is 5.17 Å². The van der Waals surface area contributed by atoms with Crippen LogP contribution >= 0.6 is 11.8 Å². The minimum absolute atomic E-state index is 0.0576. The van der Waals surface area contributed by atoms with Crippen LogP contribution in [0, 0.1) is 0 Å². The van der Waals surface area contributed by atoms with E-state index < -0.39 is 0 Å². The first kappa shape index (κ1) is 15.4. The molecule has 1 fully saturated rings. The van der Waals surface area contributed by atoms with Crippen molar-refractivity contribution in [1.29, 1.82) is 0 Å². The summed E-state index contributed by atoms with van der Waals surface area (Å²) in [5, 5.41) is 10.9. The van der Waals surface area contributed by atoms with Crippen LogP contribution in [0.1, 0.15) is 11.3 Å². The van der Waals surface area contributed by atoms with Crippen LogP contribution in [0.3, 0.4) is 0 Å². The third kappa shape index (κ3) is 4.01. The van der Waals surface area contributed by atoms with Crippen molar-refractivity contribution in [2.24, 2.45) is 10.2 Å². The number of amidine groups is 1. The number of carbonyl (C=O) groups excluding carboxylic acids is 1. The van der Waals surface area contributed by atoms with Gasteiger partial charge >= 0.3 is 0 Å². The average molecular weight is 329 g/mol. The zero-order chi connectivity index (χ0) is 16.1. The van der Waals surface area contributed by atoms with Gasteiger partial charge in [-0.3, -0.25) is 4.79 Å². The first-order valence-electron chi connectivity index (χ1n) is 6.99. The first-order valence-corrected chi connectivity index (χ1v) is 7.87. The van der Waals surface area contributed by atoms with E-state index in [-0.39, 0.29) is 11.2 Å². The Bertz CT molecular complexity index is 724. The molecule has 1 aliphatic rings. The SMILES string of the molecule is COc1ccc(C[C@H]2S/C(=N/N=C\c3ccco3)NC2=O)cc1. The third-order valence-electron chi connectivity index (χ3n) is 3.23. The van der Waals surface area contributed by atoms with E-state index in [2.05, 4.69) is 15.5 Å².